The molecule has 1 rings (SSSR count). The summed E-state index contributed by atoms with van der Waals surface area (Å²) < 4.78 is 17.6. The van der Waals surface area contributed by atoms with E-state index in [1.165, 1.54) is 0 Å². The molecule has 182 valence electrons. The van der Waals surface area contributed by atoms with E-state index < -0.39 is 0 Å². The summed E-state index contributed by atoms with van der Waals surface area (Å²) in [6, 6.07) is 4.01. The van der Waals surface area contributed by atoms with Crippen LogP contribution in [-0.2, 0) is 16.0 Å². The van der Waals surface area contributed by atoms with Gasteiger partial charge in [-0.25, -0.2) is 0 Å². The first-order chi connectivity index (χ1) is 15.2. The van der Waals surface area contributed by atoms with E-state index in [4.69, 9.17) is 42.3 Å². The third kappa shape index (κ3) is 13.9. The summed E-state index contributed by atoms with van der Waals surface area (Å²) in [5.74, 6) is 1.76. The van der Waals surface area contributed by atoms with Gasteiger partial charge in [-0.1, -0.05) is 36.5 Å². The fourth-order valence-electron chi connectivity index (χ4n) is 2.86. The third-order valence-electron chi connectivity index (χ3n) is 4.39. The second kappa shape index (κ2) is 16.2. The Bertz CT molecular complexity index is 711. The number of rotatable bonds is 16. The summed E-state index contributed by atoms with van der Waals surface area (Å²) >= 11 is 11.2. The fourth-order valence-corrected chi connectivity index (χ4v) is 2.98. The predicted molar refractivity (Wildman–Crippen MR) is 134 cm³/mol. The number of hydrogen-bond donors (Lipinski definition) is 1. The van der Waals surface area contributed by atoms with Crippen LogP contribution in [0.4, 0.5) is 0 Å². The Hall–Kier alpha value is -1.40. The lowest BCUT2D eigenvalue weighted by atomic mass is 10.1. The van der Waals surface area contributed by atoms with Crippen LogP contribution in [0.5, 0.6) is 11.5 Å². The number of unbranched alkanes of at least 4 members (excludes halogenated alkanes) is 3. The average Bonchev–Trinajstić information content (AvgIpc) is 2.71. The molecule has 0 aliphatic rings. The van der Waals surface area contributed by atoms with Crippen molar-refractivity contribution >= 4 is 23.2 Å². The summed E-state index contributed by atoms with van der Waals surface area (Å²) in [5.41, 5.74) is 4.81. The van der Waals surface area contributed by atoms with Gasteiger partial charge in [0.2, 0.25) is 0 Å². The molecule has 0 aliphatic heterocycles. The second-order valence-electron chi connectivity index (χ2n) is 8.46. The molecular weight excluding hydrogens is 449 g/mol. The quantitative estimate of drug-likeness (QED) is 0.200. The van der Waals surface area contributed by atoms with Crippen molar-refractivity contribution in [2.45, 2.75) is 72.3 Å². The smallest absolute Gasteiger partial charge is 0.125 e. The number of aryl methyl sites for hydroxylation is 2. The second-order valence-corrected chi connectivity index (χ2v) is 9.47. The molecule has 0 amide bonds. The van der Waals surface area contributed by atoms with E-state index in [9.17, 15) is 0 Å². The van der Waals surface area contributed by atoms with E-state index in [1.54, 1.807) is 12.3 Å². The monoisotopic (exact) mass is 487 g/mol. The van der Waals surface area contributed by atoms with Crippen LogP contribution in [-0.4, -0.2) is 32.0 Å². The lowest BCUT2D eigenvalue weighted by Crippen LogP contribution is -2.25. The minimum atomic E-state index is -0.207. The van der Waals surface area contributed by atoms with Gasteiger partial charge in [0.25, 0.3) is 0 Å². The molecular formula is C25H39Cl2NO4. The number of halogens is 2. The zero-order valence-corrected chi connectivity index (χ0v) is 21.7. The van der Waals surface area contributed by atoms with E-state index in [1.807, 2.05) is 45.9 Å². The van der Waals surface area contributed by atoms with Crippen LogP contribution < -0.4 is 15.0 Å². The molecule has 0 spiro atoms. The van der Waals surface area contributed by atoms with Gasteiger partial charge in [0.05, 0.1) is 18.8 Å². The molecule has 0 fully saturated rings. The molecule has 0 bridgehead atoms. The molecule has 0 atom stereocenters. The van der Waals surface area contributed by atoms with Crippen molar-refractivity contribution in [1.82, 2.24) is 5.48 Å². The lowest BCUT2D eigenvalue weighted by molar-refractivity contribution is -0.0524. The average molecular weight is 488 g/mol. The first-order valence-corrected chi connectivity index (χ1v) is 12.0. The molecule has 0 aliphatic carbocycles. The summed E-state index contributed by atoms with van der Waals surface area (Å²) in [6.07, 6.45) is 10.5. The van der Waals surface area contributed by atoms with Crippen LogP contribution in [0.2, 0.25) is 0 Å². The fraction of sp³-hybridized carbons (Fsp3) is 0.600. The molecule has 32 heavy (non-hydrogen) atoms. The van der Waals surface area contributed by atoms with Crippen LogP contribution in [0.3, 0.4) is 0 Å². The standard InChI is InChI=1S/C25H39Cl2NO4/c1-6-21-19-22(30-17-12-23(26)27)18-20(2)24(21)31-16-10-8-7-9-14-29-15-11-13-28-32-25(3,4)5/h11-13,18-19,28H,6-10,14-17H2,1-5H3. The Kier molecular flexibility index (Phi) is 14.5. The van der Waals surface area contributed by atoms with E-state index in [-0.39, 0.29) is 10.1 Å². The number of benzene rings is 1. The summed E-state index contributed by atoms with van der Waals surface area (Å²) in [4.78, 5) is 5.37. The van der Waals surface area contributed by atoms with E-state index in [0.717, 1.165) is 61.3 Å². The molecule has 7 heteroatoms. The van der Waals surface area contributed by atoms with Crippen molar-refractivity contribution in [1.29, 1.82) is 0 Å². The lowest BCUT2D eigenvalue weighted by Gasteiger charge is -2.17. The van der Waals surface area contributed by atoms with Gasteiger partial charge in [-0.05, 0) is 88.8 Å². The van der Waals surface area contributed by atoms with Crippen molar-refractivity contribution in [3.63, 3.8) is 0 Å². The van der Waals surface area contributed by atoms with Crippen molar-refractivity contribution in [2.24, 2.45) is 0 Å². The van der Waals surface area contributed by atoms with Gasteiger partial charge in [-0.3, -0.25) is 10.3 Å². The first-order valence-electron chi connectivity index (χ1n) is 11.3. The van der Waals surface area contributed by atoms with Crippen molar-refractivity contribution in [3.05, 3.63) is 46.1 Å². The van der Waals surface area contributed by atoms with Gasteiger partial charge in [0, 0.05) is 12.8 Å². The predicted octanol–water partition coefficient (Wildman–Crippen LogP) is 7.04. The van der Waals surface area contributed by atoms with Crippen LogP contribution in [0, 0.1) is 6.92 Å². The van der Waals surface area contributed by atoms with E-state index >= 15 is 0 Å². The number of hydroxylamine groups is 1. The Balaban J connectivity index is 2.19. The van der Waals surface area contributed by atoms with Gasteiger partial charge in [-0.2, -0.15) is 0 Å². The maximum Gasteiger partial charge on any atom is 0.125 e. The summed E-state index contributed by atoms with van der Waals surface area (Å²) in [7, 11) is 0. The Morgan fingerprint density at radius 1 is 1.00 bits per heavy atom. The SMILES string of the molecule is CCc1cc(OCC=C(Cl)Cl)cc(C)c1OCCCCCCOCC=CNOC(C)(C)C. The van der Waals surface area contributed by atoms with Gasteiger partial charge in [-0.15, -0.1) is 0 Å². The maximum absolute atomic E-state index is 6.09. The number of hydrogen-bond acceptors (Lipinski definition) is 5. The highest BCUT2D eigenvalue weighted by Gasteiger charge is 2.10. The zero-order valence-electron chi connectivity index (χ0n) is 20.1. The summed E-state index contributed by atoms with van der Waals surface area (Å²) in [6.45, 7) is 12.5. The largest absolute Gasteiger partial charge is 0.493 e. The van der Waals surface area contributed by atoms with Crippen molar-refractivity contribution < 1.29 is 19.0 Å². The first kappa shape index (κ1) is 28.6. The molecule has 0 saturated heterocycles. The van der Waals surface area contributed by atoms with Gasteiger partial charge in [0.1, 0.15) is 22.6 Å². The zero-order chi connectivity index (χ0) is 23.8. The van der Waals surface area contributed by atoms with Crippen molar-refractivity contribution in [3.8, 4) is 11.5 Å². The summed E-state index contributed by atoms with van der Waals surface area (Å²) in [5, 5.41) is 0. The van der Waals surface area contributed by atoms with Crippen LogP contribution in [0.15, 0.2) is 35.0 Å². The van der Waals surface area contributed by atoms with Crippen LogP contribution in [0.1, 0.15) is 64.5 Å². The highest BCUT2D eigenvalue weighted by molar-refractivity contribution is 6.55. The van der Waals surface area contributed by atoms with E-state index in [0.29, 0.717) is 19.8 Å². The molecule has 0 heterocycles. The highest BCUT2D eigenvalue weighted by atomic mass is 35.5. The van der Waals surface area contributed by atoms with Gasteiger partial charge in [0.15, 0.2) is 0 Å². The van der Waals surface area contributed by atoms with Gasteiger partial charge >= 0.3 is 0 Å². The maximum atomic E-state index is 6.09. The van der Waals surface area contributed by atoms with Crippen LogP contribution in [0.25, 0.3) is 0 Å². The topological polar surface area (TPSA) is 49.0 Å². The molecule has 1 aromatic rings. The molecule has 0 aromatic heterocycles. The third-order valence-corrected chi connectivity index (χ3v) is 4.70. The van der Waals surface area contributed by atoms with Crippen LogP contribution >= 0.6 is 23.2 Å². The molecule has 5 nitrogen and oxygen atoms in total. The normalized spacial score (nSPS) is 11.6. The molecule has 0 unspecified atom stereocenters. The Labute approximate surface area is 204 Å². The minimum absolute atomic E-state index is 0.207. The number of nitrogens with one attached hydrogen (secondary N) is 1. The molecule has 0 saturated carbocycles. The van der Waals surface area contributed by atoms with Crippen molar-refractivity contribution in [2.75, 3.05) is 26.4 Å². The molecule has 1 aromatic carbocycles. The Morgan fingerprint density at radius 2 is 1.72 bits per heavy atom. The highest BCUT2D eigenvalue weighted by Crippen LogP contribution is 2.30. The molecule has 0 radical (unpaired) electrons. The van der Waals surface area contributed by atoms with E-state index in [2.05, 4.69) is 12.4 Å². The minimum Gasteiger partial charge on any atom is -0.493 e. The van der Waals surface area contributed by atoms with Gasteiger partial charge < -0.3 is 14.2 Å². The molecule has 1 N–H and O–H groups in total. The number of ether oxygens (including phenoxy) is 3. The Morgan fingerprint density at radius 3 is 2.38 bits per heavy atom.